The molecule has 182 valence electrons. The van der Waals surface area contributed by atoms with Gasteiger partial charge in [0.1, 0.15) is 12.2 Å². The quantitative estimate of drug-likeness (QED) is 0.339. The topological polar surface area (TPSA) is 87.0 Å². The molecule has 2 N–H and O–H groups in total. The Bertz CT molecular complexity index is 1480. The summed E-state index contributed by atoms with van der Waals surface area (Å²) in [7, 11) is 0. The van der Waals surface area contributed by atoms with Crippen LogP contribution in [-0.2, 0) is 13.1 Å². The number of anilines is 1. The number of H-pyrrole nitrogens is 1. The highest BCUT2D eigenvalue weighted by Gasteiger charge is 2.17. The molecule has 1 aromatic carbocycles. The first kappa shape index (κ1) is 22.4. The minimum Gasteiger partial charge on any atom is -0.378 e. The minimum absolute atomic E-state index is 0.581. The maximum absolute atomic E-state index is 4.98. The lowest BCUT2D eigenvalue weighted by Gasteiger charge is -2.26. The van der Waals surface area contributed by atoms with Crippen molar-refractivity contribution in [2.24, 2.45) is 0 Å². The maximum atomic E-state index is 4.98. The molecule has 8 heteroatoms. The molecule has 0 amide bonds. The first-order valence-electron chi connectivity index (χ1n) is 12.6. The summed E-state index contributed by atoms with van der Waals surface area (Å²) in [6.07, 6.45) is 7.48. The fraction of sp³-hybridized carbons (Fsp3) is 0.286. The van der Waals surface area contributed by atoms with E-state index >= 15 is 0 Å². The van der Waals surface area contributed by atoms with Gasteiger partial charge in [-0.05, 0) is 74.8 Å². The second-order valence-electron chi connectivity index (χ2n) is 9.44. The number of fused-ring (bicyclic) bond motifs is 1. The average Bonchev–Trinajstić information content (AvgIpc) is 3.55. The molecule has 36 heavy (non-hydrogen) atoms. The molecule has 0 saturated carbocycles. The summed E-state index contributed by atoms with van der Waals surface area (Å²) in [6, 6.07) is 18.7. The Morgan fingerprint density at radius 3 is 2.75 bits per heavy atom. The fourth-order valence-corrected chi connectivity index (χ4v) is 4.88. The number of imidazole rings is 1. The van der Waals surface area contributed by atoms with E-state index in [-0.39, 0.29) is 0 Å². The molecule has 5 heterocycles. The van der Waals surface area contributed by atoms with Gasteiger partial charge in [-0.3, -0.25) is 9.88 Å². The molecule has 0 radical (unpaired) electrons. The molecule has 1 aliphatic rings. The van der Waals surface area contributed by atoms with E-state index in [1.165, 1.54) is 37.9 Å². The van der Waals surface area contributed by atoms with Gasteiger partial charge in [0.25, 0.3) is 0 Å². The predicted octanol–water partition coefficient (Wildman–Crippen LogP) is 5.09. The predicted molar refractivity (Wildman–Crippen MR) is 141 cm³/mol. The first-order valence-corrected chi connectivity index (χ1v) is 12.6. The third-order valence-electron chi connectivity index (χ3n) is 6.69. The zero-order valence-corrected chi connectivity index (χ0v) is 20.5. The zero-order chi connectivity index (χ0) is 24.3. The van der Waals surface area contributed by atoms with Crippen molar-refractivity contribution in [3.63, 3.8) is 0 Å². The van der Waals surface area contributed by atoms with Crippen LogP contribution in [0.5, 0.6) is 0 Å². The van der Waals surface area contributed by atoms with Crippen molar-refractivity contribution in [2.45, 2.75) is 39.3 Å². The van der Waals surface area contributed by atoms with Crippen LogP contribution >= 0.6 is 0 Å². The van der Waals surface area contributed by atoms with Crippen molar-refractivity contribution in [3.8, 4) is 22.6 Å². The molecular weight excluding hydrogens is 448 g/mol. The largest absolute Gasteiger partial charge is 0.378 e. The van der Waals surface area contributed by atoms with Crippen molar-refractivity contribution in [3.05, 3.63) is 84.2 Å². The highest BCUT2D eigenvalue weighted by molar-refractivity contribution is 5.77. The summed E-state index contributed by atoms with van der Waals surface area (Å²) in [5.74, 6) is 0.850. The van der Waals surface area contributed by atoms with Crippen LogP contribution in [0.25, 0.3) is 28.3 Å². The number of aromatic nitrogens is 6. The van der Waals surface area contributed by atoms with Gasteiger partial charge in [0.15, 0.2) is 5.65 Å². The number of hydrogen-bond acceptors (Lipinski definition) is 6. The minimum atomic E-state index is 0.581. The Hall–Kier alpha value is -4.04. The number of hydrogen-bond donors (Lipinski definition) is 2. The van der Waals surface area contributed by atoms with Gasteiger partial charge in [-0.2, -0.15) is 5.10 Å². The van der Waals surface area contributed by atoms with Crippen LogP contribution in [0.1, 0.15) is 36.3 Å². The first-order chi connectivity index (χ1) is 17.7. The van der Waals surface area contributed by atoms with Crippen molar-refractivity contribution >= 4 is 11.3 Å². The van der Waals surface area contributed by atoms with Crippen LogP contribution in [0.15, 0.2) is 67.1 Å². The van der Waals surface area contributed by atoms with E-state index in [0.29, 0.717) is 6.54 Å². The second-order valence-corrected chi connectivity index (χ2v) is 9.44. The summed E-state index contributed by atoms with van der Waals surface area (Å²) in [4.78, 5) is 20.1. The van der Waals surface area contributed by atoms with Crippen molar-refractivity contribution in [1.82, 2.24) is 34.4 Å². The third-order valence-corrected chi connectivity index (χ3v) is 6.69. The van der Waals surface area contributed by atoms with Crippen LogP contribution in [0.4, 0.5) is 5.69 Å². The number of likely N-dealkylation sites (tertiary alicyclic amines) is 1. The smallest absolute Gasteiger partial charge is 0.155 e. The average molecular weight is 479 g/mol. The van der Waals surface area contributed by atoms with Crippen LogP contribution in [0, 0.1) is 6.92 Å². The SMILES string of the molecule is Cc1cccc(-c2[nH]c(CNc3cccc(CN4CCCCC4)c3)nc2-c2ccc3ncnn3c2)n1. The van der Waals surface area contributed by atoms with Gasteiger partial charge < -0.3 is 10.3 Å². The number of piperidine rings is 1. The van der Waals surface area contributed by atoms with Gasteiger partial charge in [0, 0.05) is 29.7 Å². The Morgan fingerprint density at radius 1 is 0.972 bits per heavy atom. The number of benzene rings is 1. The van der Waals surface area contributed by atoms with Crippen LogP contribution in [0.3, 0.4) is 0 Å². The summed E-state index contributed by atoms with van der Waals surface area (Å²) in [5, 5.41) is 7.85. The Morgan fingerprint density at radius 2 is 1.86 bits per heavy atom. The Kier molecular flexibility index (Phi) is 6.17. The molecule has 0 aliphatic carbocycles. The lowest BCUT2D eigenvalue weighted by Crippen LogP contribution is -2.29. The molecule has 1 aliphatic heterocycles. The fourth-order valence-electron chi connectivity index (χ4n) is 4.88. The number of aryl methyl sites for hydroxylation is 1. The molecule has 4 aromatic heterocycles. The van der Waals surface area contributed by atoms with Crippen molar-refractivity contribution in [2.75, 3.05) is 18.4 Å². The molecule has 0 unspecified atom stereocenters. The van der Waals surface area contributed by atoms with Crippen molar-refractivity contribution < 1.29 is 0 Å². The van der Waals surface area contributed by atoms with Gasteiger partial charge in [-0.15, -0.1) is 0 Å². The summed E-state index contributed by atoms with van der Waals surface area (Å²) in [6.45, 7) is 5.98. The third kappa shape index (κ3) is 4.85. The van der Waals surface area contributed by atoms with E-state index in [0.717, 1.165) is 52.0 Å². The van der Waals surface area contributed by atoms with E-state index in [9.17, 15) is 0 Å². The Labute approximate surface area is 210 Å². The summed E-state index contributed by atoms with van der Waals surface area (Å²) >= 11 is 0. The molecule has 1 saturated heterocycles. The van der Waals surface area contributed by atoms with Crippen LogP contribution in [0.2, 0.25) is 0 Å². The van der Waals surface area contributed by atoms with Gasteiger partial charge in [0.05, 0.1) is 23.6 Å². The highest BCUT2D eigenvalue weighted by Crippen LogP contribution is 2.29. The molecule has 1 fully saturated rings. The number of nitrogens with zero attached hydrogens (tertiary/aromatic N) is 6. The summed E-state index contributed by atoms with van der Waals surface area (Å²) in [5.41, 5.74) is 7.77. The maximum Gasteiger partial charge on any atom is 0.155 e. The van der Waals surface area contributed by atoms with Gasteiger partial charge in [0.2, 0.25) is 0 Å². The molecule has 6 rings (SSSR count). The summed E-state index contributed by atoms with van der Waals surface area (Å²) < 4.78 is 1.77. The van der Waals surface area contributed by atoms with Gasteiger partial charge in [-0.1, -0.05) is 24.6 Å². The van der Waals surface area contributed by atoms with Crippen LogP contribution in [-0.4, -0.2) is 47.5 Å². The van der Waals surface area contributed by atoms with Gasteiger partial charge in [-0.25, -0.2) is 14.5 Å². The lowest BCUT2D eigenvalue weighted by atomic mass is 10.1. The number of rotatable bonds is 7. The van der Waals surface area contributed by atoms with Crippen molar-refractivity contribution in [1.29, 1.82) is 0 Å². The highest BCUT2D eigenvalue weighted by atomic mass is 15.3. The van der Waals surface area contributed by atoms with E-state index in [2.05, 4.69) is 49.5 Å². The second kappa shape index (κ2) is 9.91. The molecule has 0 spiro atoms. The number of aromatic amines is 1. The zero-order valence-electron chi connectivity index (χ0n) is 20.5. The number of pyridine rings is 2. The van der Waals surface area contributed by atoms with E-state index in [1.807, 2.05) is 43.5 Å². The molecule has 8 nitrogen and oxygen atoms in total. The molecule has 5 aromatic rings. The Balaban J connectivity index is 1.26. The van der Waals surface area contributed by atoms with Crippen LogP contribution < -0.4 is 5.32 Å². The molecular formula is C28H30N8. The van der Waals surface area contributed by atoms with E-state index in [4.69, 9.17) is 9.97 Å². The molecule has 0 atom stereocenters. The standard InChI is InChI=1S/C28H30N8/c1-20-7-5-10-24(32-20)28-27(22-11-12-26-30-19-31-36(26)18-22)33-25(34-28)16-29-23-9-6-8-21(15-23)17-35-13-3-2-4-14-35/h5-12,15,18-19,29H,2-4,13-14,16-17H2,1H3,(H,33,34). The molecule has 0 bridgehead atoms. The normalized spacial score (nSPS) is 14.4. The monoisotopic (exact) mass is 478 g/mol. The lowest BCUT2D eigenvalue weighted by molar-refractivity contribution is 0.221. The number of nitrogens with one attached hydrogen (secondary N) is 2. The van der Waals surface area contributed by atoms with E-state index in [1.54, 1.807) is 10.8 Å². The van der Waals surface area contributed by atoms with Gasteiger partial charge >= 0.3 is 0 Å². The van der Waals surface area contributed by atoms with E-state index < -0.39 is 0 Å².